The number of hydrogen-bond donors (Lipinski definition) is 1. The van der Waals surface area contributed by atoms with Crippen molar-refractivity contribution in [3.05, 3.63) is 59.9 Å². The van der Waals surface area contributed by atoms with E-state index in [9.17, 15) is 17.6 Å². The molecule has 0 saturated carbocycles. The Kier molecular flexibility index (Phi) is 6.00. The van der Waals surface area contributed by atoms with Gasteiger partial charge in [0.1, 0.15) is 5.82 Å². The number of amides is 1. The predicted octanol–water partition coefficient (Wildman–Crippen LogP) is 2.79. The van der Waals surface area contributed by atoms with Crippen LogP contribution in [0.5, 0.6) is 0 Å². The molecule has 1 aliphatic rings. The van der Waals surface area contributed by atoms with E-state index >= 15 is 0 Å². The minimum Gasteiger partial charge on any atom is -0.337 e. The summed E-state index contributed by atoms with van der Waals surface area (Å²) in [4.78, 5) is 16.7. The van der Waals surface area contributed by atoms with Gasteiger partial charge in [-0.2, -0.15) is 0 Å². The van der Waals surface area contributed by atoms with Crippen LogP contribution in [0.3, 0.4) is 0 Å². The fourth-order valence-electron chi connectivity index (χ4n) is 3.25. The lowest BCUT2D eigenvalue weighted by Gasteiger charge is -2.36. The Labute approximate surface area is 165 Å². The molecule has 6 nitrogen and oxygen atoms in total. The van der Waals surface area contributed by atoms with E-state index in [1.54, 1.807) is 24.3 Å². The fraction of sp³-hybridized carbons (Fsp3) is 0.350. The lowest BCUT2D eigenvalue weighted by molar-refractivity contribution is 0.0635. The highest BCUT2D eigenvalue weighted by atomic mass is 32.2. The number of halogens is 1. The summed E-state index contributed by atoms with van der Waals surface area (Å²) in [7, 11) is 0.211. The molecule has 1 amide bonds. The number of benzene rings is 2. The number of anilines is 1. The summed E-state index contributed by atoms with van der Waals surface area (Å²) in [6, 6.07) is 11.3. The van der Waals surface area contributed by atoms with Crippen molar-refractivity contribution in [2.24, 2.45) is 0 Å². The molecule has 1 saturated heterocycles. The van der Waals surface area contributed by atoms with E-state index in [1.807, 2.05) is 19.0 Å². The Balaban J connectivity index is 1.69. The predicted molar refractivity (Wildman–Crippen MR) is 106 cm³/mol. The van der Waals surface area contributed by atoms with E-state index in [0.29, 0.717) is 23.8 Å². The van der Waals surface area contributed by atoms with Crippen molar-refractivity contribution in [3.63, 3.8) is 0 Å². The number of rotatable bonds is 5. The standard InChI is InChI=1S/C20H24FN3O3S/c1-23(2)18-4-3-13-24(14-18)20(25)15-5-9-17(10-6-15)22-28(26,27)19-11-7-16(21)8-12-19/h5-12,18,22H,3-4,13-14H2,1-2H3. The van der Waals surface area contributed by atoms with Gasteiger partial charge in [0.15, 0.2) is 0 Å². The molecule has 28 heavy (non-hydrogen) atoms. The first-order chi connectivity index (χ1) is 13.3. The van der Waals surface area contributed by atoms with Gasteiger partial charge in [-0.05, 0) is 75.5 Å². The van der Waals surface area contributed by atoms with Crippen LogP contribution in [0, 0.1) is 5.82 Å². The lowest BCUT2D eigenvalue weighted by atomic mass is 10.0. The van der Waals surface area contributed by atoms with Gasteiger partial charge >= 0.3 is 0 Å². The third-order valence-electron chi connectivity index (χ3n) is 4.92. The normalized spacial score (nSPS) is 17.6. The number of hydrogen-bond acceptors (Lipinski definition) is 4. The minimum atomic E-state index is -3.82. The third-order valence-corrected chi connectivity index (χ3v) is 6.32. The number of nitrogens with zero attached hydrogens (tertiary/aromatic N) is 2. The minimum absolute atomic E-state index is 0.0305. The molecule has 1 fully saturated rings. The van der Waals surface area contributed by atoms with Crippen LogP contribution in [-0.2, 0) is 10.0 Å². The molecule has 1 N–H and O–H groups in total. The van der Waals surface area contributed by atoms with Crippen LogP contribution in [0.1, 0.15) is 23.2 Å². The average Bonchev–Trinajstić information content (AvgIpc) is 2.68. The molecule has 1 unspecified atom stereocenters. The van der Waals surface area contributed by atoms with Crippen molar-refractivity contribution in [1.82, 2.24) is 9.80 Å². The van der Waals surface area contributed by atoms with Crippen LogP contribution in [0.25, 0.3) is 0 Å². The van der Waals surface area contributed by atoms with E-state index in [1.165, 1.54) is 12.1 Å². The molecule has 0 aromatic heterocycles. The largest absolute Gasteiger partial charge is 0.337 e. The van der Waals surface area contributed by atoms with Crippen molar-refractivity contribution in [2.75, 3.05) is 31.9 Å². The zero-order valence-corrected chi connectivity index (χ0v) is 16.7. The molecule has 0 spiro atoms. The van der Waals surface area contributed by atoms with E-state index < -0.39 is 15.8 Å². The van der Waals surface area contributed by atoms with E-state index in [-0.39, 0.29) is 10.8 Å². The van der Waals surface area contributed by atoms with Crippen LogP contribution < -0.4 is 4.72 Å². The molecule has 8 heteroatoms. The van der Waals surface area contributed by atoms with Crippen LogP contribution in [0.2, 0.25) is 0 Å². The van der Waals surface area contributed by atoms with Gasteiger partial charge in [-0.25, -0.2) is 12.8 Å². The van der Waals surface area contributed by atoms with E-state index in [4.69, 9.17) is 0 Å². The van der Waals surface area contributed by atoms with Gasteiger partial charge < -0.3 is 9.80 Å². The molecular formula is C20H24FN3O3S. The van der Waals surface area contributed by atoms with Crippen molar-refractivity contribution >= 4 is 21.6 Å². The van der Waals surface area contributed by atoms with Crippen LogP contribution in [0.4, 0.5) is 10.1 Å². The van der Waals surface area contributed by atoms with Crippen molar-refractivity contribution < 1.29 is 17.6 Å². The fourth-order valence-corrected chi connectivity index (χ4v) is 4.31. The molecule has 2 aromatic carbocycles. The number of sulfonamides is 1. The molecule has 1 atom stereocenters. The third kappa shape index (κ3) is 4.69. The summed E-state index contributed by atoms with van der Waals surface area (Å²) in [6.07, 6.45) is 2.03. The van der Waals surface area contributed by atoms with Crippen LogP contribution in [-0.4, -0.2) is 57.4 Å². The first-order valence-electron chi connectivity index (χ1n) is 9.10. The number of carbonyl (C=O) groups is 1. The second kappa shape index (κ2) is 8.28. The van der Waals surface area contributed by atoms with Gasteiger partial charge in [-0.3, -0.25) is 9.52 Å². The average molecular weight is 405 g/mol. The summed E-state index contributed by atoms with van der Waals surface area (Å²) in [6.45, 7) is 1.41. The highest BCUT2D eigenvalue weighted by Crippen LogP contribution is 2.20. The Bertz CT molecular complexity index is 928. The van der Waals surface area contributed by atoms with Crippen molar-refractivity contribution in [2.45, 2.75) is 23.8 Å². The Morgan fingerprint density at radius 3 is 2.36 bits per heavy atom. The molecule has 1 heterocycles. The van der Waals surface area contributed by atoms with E-state index in [0.717, 1.165) is 31.5 Å². The second-order valence-corrected chi connectivity index (χ2v) is 8.83. The molecule has 1 aliphatic heterocycles. The van der Waals surface area contributed by atoms with Gasteiger partial charge in [-0.1, -0.05) is 0 Å². The van der Waals surface area contributed by atoms with Crippen LogP contribution in [0.15, 0.2) is 53.4 Å². The topological polar surface area (TPSA) is 69.7 Å². The molecule has 0 radical (unpaired) electrons. The SMILES string of the molecule is CN(C)C1CCCN(C(=O)c2ccc(NS(=O)(=O)c3ccc(F)cc3)cc2)C1. The number of nitrogens with one attached hydrogen (secondary N) is 1. The highest BCUT2D eigenvalue weighted by molar-refractivity contribution is 7.92. The smallest absolute Gasteiger partial charge is 0.261 e. The number of likely N-dealkylation sites (N-methyl/N-ethyl adjacent to an activating group) is 1. The maximum absolute atomic E-state index is 13.0. The summed E-state index contributed by atoms with van der Waals surface area (Å²) in [5, 5.41) is 0. The molecule has 0 bridgehead atoms. The monoisotopic (exact) mass is 405 g/mol. The Morgan fingerprint density at radius 1 is 1.11 bits per heavy atom. The second-order valence-electron chi connectivity index (χ2n) is 7.15. The van der Waals surface area contributed by atoms with Gasteiger partial charge in [0.25, 0.3) is 15.9 Å². The van der Waals surface area contributed by atoms with Gasteiger partial charge in [-0.15, -0.1) is 0 Å². The molecule has 150 valence electrons. The van der Waals surface area contributed by atoms with Crippen molar-refractivity contribution in [3.8, 4) is 0 Å². The van der Waals surface area contributed by atoms with E-state index in [2.05, 4.69) is 9.62 Å². The number of likely N-dealkylation sites (tertiary alicyclic amines) is 1. The quantitative estimate of drug-likeness (QED) is 0.831. The zero-order chi connectivity index (χ0) is 20.3. The Hall–Kier alpha value is -2.45. The molecule has 3 rings (SSSR count). The summed E-state index contributed by atoms with van der Waals surface area (Å²) in [5.74, 6) is -0.560. The first kappa shape index (κ1) is 20.3. The summed E-state index contributed by atoms with van der Waals surface area (Å²) < 4.78 is 40.2. The Morgan fingerprint density at radius 2 is 1.75 bits per heavy atom. The number of carbonyl (C=O) groups excluding carboxylic acids is 1. The number of piperidine rings is 1. The zero-order valence-electron chi connectivity index (χ0n) is 15.9. The van der Waals surface area contributed by atoms with Gasteiger partial charge in [0.05, 0.1) is 4.90 Å². The molecular weight excluding hydrogens is 381 g/mol. The first-order valence-corrected chi connectivity index (χ1v) is 10.6. The van der Waals surface area contributed by atoms with Gasteiger partial charge in [0, 0.05) is 30.4 Å². The molecule has 0 aliphatic carbocycles. The van der Waals surface area contributed by atoms with Crippen LogP contribution >= 0.6 is 0 Å². The maximum Gasteiger partial charge on any atom is 0.261 e. The summed E-state index contributed by atoms with van der Waals surface area (Å²) in [5.41, 5.74) is 0.856. The molecule has 2 aromatic rings. The lowest BCUT2D eigenvalue weighted by Crippen LogP contribution is -2.47. The van der Waals surface area contributed by atoms with Crippen molar-refractivity contribution in [1.29, 1.82) is 0 Å². The maximum atomic E-state index is 13.0. The van der Waals surface area contributed by atoms with Gasteiger partial charge in [0.2, 0.25) is 0 Å². The highest BCUT2D eigenvalue weighted by Gasteiger charge is 2.25. The summed E-state index contributed by atoms with van der Waals surface area (Å²) >= 11 is 0.